The van der Waals surface area contributed by atoms with Gasteiger partial charge in [0.05, 0.1) is 17.0 Å². The average molecular weight is 500 g/mol. The molecule has 198 valence electrons. The molecule has 0 unspecified atom stereocenters. The molecule has 0 saturated heterocycles. The summed E-state index contributed by atoms with van der Waals surface area (Å²) in [5.74, 6) is 1.35. The molecule has 1 aliphatic rings. The zero-order valence-electron chi connectivity index (χ0n) is 24.4. The van der Waals surface area contributed by atoms with Gasteiger partial charge in [0.15, 0.2) is 5.82 Å². The monoisotopic (exact) mass is 499 g/mol. The third-order valence-electron chi connectivity index (χ3n) is 6.92. The summed E-state index contributed by atoms with van der Waals surface area (Å²) in [6.45, 7) is 28.5. The number of anilines is 3. The number of hydrazine groups is 1. The molecule has 1 N–H and O–H groups in total. The van der Waals surface area contributed by atoms with Crippen LogP contribution < -0.4 is 10.3 Å². The van der Waals surface area contributed by atoms with Crippen LogP contribution in [0.15, 0.2) is 66.5 Å². The minimum Gasteiger partial charge on any atom is -0.324 e. The second-order valence-electron chi connectivity index (χ2n) is 11.3. The van der Waals surface area contributed by atoms with Crippen LogP contribution >= 0.6 is 0 Å². The topological polar surface area (TPSA) is 44.3 Å². The fraction of sp³-hybridized carbons (Fsp3) is 0.438. The van der Waals surface area contributed by atoms with Gasteiger partial charge in [0.2, 0.25) is 5.95 Å². The summed E-state index contributed by atoms with van der Waals surface area (Å²) in [7, 11) is 0. The molecule has 0 bridgehead atoms. The number of hydrogen-bond donors (Lipinski definition) is 1. The third kappa shape index (κ3) is 6.33. The number of aromatic nitrogens is 2. The first-order valence-electron chi connectivity index (χ1n) is 13.5. The van der Waals surface area contributed by atoms with Gasteiger partial charge in [-0.1, -0.05) is 71.9 Å². The Balaban J connectivity index is 1.98. The fourth-order valence-corrected chi connectivity index (χ4v) is 4.56. The van der Waals surface area contributed by atoms with Gasteiger partial charge in [-0.05, 0) is 80.9 Å². The van der Waals surface area contributed by atoms with Crippen molar-refractivity contribution < 1.29 is 0 Å². The maximum Gasteiger partial charge on any atom is 0.229 e. The van der Waals surface area contributed by atoms with Crippen molar-refractivity contribution in [1.82, 2.24) is 15.0 Å². The number of nitrogens with zero attached hydrogens (tertiary/aromatic N) is 4. The molecule has 2 heterocycles. The predicted molar refractivity (Wildman–Crippen MR) is 160 cm³/mol. The lowest BCUT2D eigenvalue weighted by Gasteiger charge is -2.35. The van der Waals surface area contributed by atoms with Gasteiger partial charge in [-0.3, -0.25) is 5.01 Å². The van der Waals surface area contributed by atoms with E-state index in [1.807, 2.05) is 6.20 Å². The fourth-order valence-electron chi connectivity index (χ4n) is 4.56. The number of aryl methyl sites for hydroxylation is 2. The Morgan fingerprint density at radius 1 is 1.11 bits per heavy atom. The van der Waals surface area contributed by atoms with E-state index in [9.17, 15) is 0 Å². The summed E-state index contributed by atoms with van der Waals surface area (Å²) in [4.78, 5) is 9.59. The van der Waals surface area contributed by atoms with Crippen LogP contribution in [0.4, 0.5) is 17.5 Å². The normalized spacial score (nSPS) is 14.5. The Morgan fingerprint density at radius 2 is 1.81 bits per heavy atom. The molecule has 1 aromatic carbocycles. The molecule has 0 aliphatic carbocycles. The minimum absolute atomic E-state index is 0.120. The molecule has 0 saturated carbocycles. The summed E-state index contributed by atoms with van der Waals surface area (Å²) < 4.78 is 0. The Kier molecular flexibility index (Phi) is 8.68. The molecule has 2 aromatic rings. The van der Waals surface area contributed by atoms with Gasteiger partial charge < -0.3 is 5.32 Å². The van der Waals surface area contributed by atoms with Crippen LogP contribution in [-0.2, 0) is 12.8 Å². The highest BCUT2D eigenvalue weighted by atomic mass is 15.7. The Morgan fingerprint density at radius 3 is 2.41 bits per heavy atom. The first kappa shape index (κ1) is 28.2. The van der Waals surface area contributed by atoms with Gasteiger partial charge in [0.1, 0.15) is 0 Å². The zero-order valence-corrected chi connectivity index (χ0v) is 24.4. The Hall–Kier alpha value is -3.34. The number of rotatable bonds is 9. The van der Waals surface area contributed by atoms with E-state index < -0.39 is 0 Å². The Bertz CT molecular complexity index is 1230. The lowest BCUT2D eigenvalue weighted by Crippen LogP contribution is -2.40. The van der Waals surface area contributed by atoms with Crippen molar-refractivity contribution in [3.63, 3.8) is 0 Å². The smallest absolute Gasteiger partial charge is 0.229 e. The van der Waals surface area contributed by atoms with Crippen molar-refractivity contribution in [1.29, 1.82) is 0 Å². The summed E-state index contributed by atoms with van der Waals surface area (Å²) in [6.07, 6.45) is 9.43. The molecule has 0 fully saturated rings. The van der Waals surface area contributed by atoms with E-state index in [1.54, 1.807) is 0 Å². The molecule has 37 heavy (non-hydrogen) atoms. The second-order valence-corrected chi connectivity index (χ2v) is 11.3. The molecular weight excluding hydrogens is 454 g/mol. The van der Waals surface area contributed by atoms with Crippen molar-refractivity contribution in [3.8, 4) is 0 Å². The van der Waals surface area contributed by atoms with E-state index in [0.29, 0.717) is 5.95 Å². The number of hydrogen-bond acceptors (Lipinski definition) is 5. The van der Waals surface area contributed by atoms with Gasteiger partial charge in [0.25, 0.3) is 0 Å². The summed E-state index contributed by atoms with van der Waals surface area (Å²) in [5, 5.41) is 7.65. The van der Waals surface area contributed by atoms with Crippen LogP contribution in [0.1, 0.15) is 85.4 Å². The van der Waals surface area contributed by atoms with Gasteiger partial charge >= 0.3 is 0 Å². The number of nitrogens with one attached hydrogen (secondary N) is 1. The van der Waals surface area contributed by atoms with Crippen LogP contribution in [0.2, 0.25) is 0 Å². The minimum atomic E-state index is 0.120. The highest BCUT2D eigenvalue weighted by molar-refractivity contribution is 5.81. The van der Waals surface area contributed by atoms with Crippen LogP contribution in [0, 0.1) is 5.41 Å². The van der Waals surface area contributed by atoms with E-state index in [1.165, 1.54) is 16.7 Å². The van der Waals surface area contributed by atoms with Crippen molar-refractivity contribution in [2.24, 2.45) is 5.41 Å². The van der Waals surface area contributed by atoms with E-state index in [-0.39, 0.29) is 11.5 Å². The van der Waals surface area contributed by atoms with E-state index in [2.05, 4.69) is 126 Å². The van der Waals surface area contributed by atoms with E-state index >= 15 is 0 Å². The highest BCUT2D eigenvalue weighted by Gasteiger charge is 2.35. The molecule has 1 aliphatic heterocycles. The van der Waals surface area contributed by atoms with Crippen LogP contribution in [0.3, 0.4) is 0 Å². The maximum atomic E-state index is 4.96. The molecule has 0 radical (unpaired) electrons. The predicted octanol–water partition coefficient (Wildman–Crippen LogP) is 8.60. The maximum absolute atomic E-state index is 4.96. The largest absolute Gasteiger partial charge is 0.324 e. The van der Waals surface area contributed by atoms with Crippen molar-refractivity contribution >= 4 is 23.2 Å². The zero-order chi connectivity index (χ0) is 27.5. The second kappa shape index (κ2) is 11.4. The van der Waals surface area contributed by atoms with Crippen molar-refractivity contribution in [3.05, 3.63) is 83.2 Å². The highest BCUT2D eigenvalue weighted by Crippen LogP contribution is 2.41. The molecule has 5 heteroatoms. The van der Waals surface area contributed by atoms with Gasteiger partial charge in [-0.25, -0.2) is 9.99 Å². The van der Waals surface area contributed by atoms with Crippen LogP contribution in [0.5, 0.6) is 0 Å². The van der Waals surface area contributed by atoms with E-state index in [4.69, 9.17) is 4.98 Å². The molecule has 0 amide bonds. The van der Waals surface area contributed by atoms with Crippen molar-refractivity contribution in [2.75, 3.05) is 10.3 Å². The molecule has 1 aromatic heterocycles. The summed E-state index contributed by atoms with van der Waals surface area (Å²) in [5.41, 5.74) is 9.00. The summed E-state index contributed by atoms with van der Waals surface area (Å²) in [6, 6.07) is 6.72. The average Bonchev–Trinajstić information content (AvgIpc) is 3.11. The molecule has 0 spiro atoms. The van der Waals surface area contributed by atoms with Crippen LogP contribution in [-0.4, -0.2) is 21.0 Å². The molecule has 3 rings (SSSR count). The summed E-state index contributed by atoms with van der Waals surface area (Å²) >= 11 is 0. The number of allylic oxidation sites excluding steroid dienone is 4. The molecule has 0 atom stereocenters. The van der Waals surface area contributed by atoms with Gasteiger partial charge in [-0.2, -0.15) is 4.98 Å². The van der Waals surface area contributed by atoms with E-state index in [0.717, 1.165) is 53.3 Å². The third-order valence-corrected chi connectivity index (χ3v) is 6.92. The molecule has 5 nitrogen and oxygen atoms in total. The lowest BCUT2D eigenvalue weighted by atomic mass is 9.86. The quantitative estimate of drug-likeness (QED) is 0.350. The van der Waals surface area contributed by atoms with Gasteiger partial charge in [0, 0.05) is 17.9 Å². The first-order chi connectivity index (χ1) is 17.4. The van der Waals surface area contributed by atoms with Crippen molar-refractivity contribution in [2.45, 2.75) is 87.6 Å². The van der Waals surface area contributed by atoms with Gasteiger partial charge in [-0.15, -0.1) is 0 Å². The standard InChI is InChI=1S/C32H45N5/c1-12-14-27-19-28(16-15-26(27)13-2)34-31-33-20-29-25(8)36(21(3)4)37(30(29)35-31)24(7)18-22(5)17-23(6)32(9,10)11/h15-21H,7-8,12-14H2,1-6,9-11H3,(H,33,34,35)/b22-18-,23-17+. The first-order valence-corrected chi connectivity index (χ1v) is 13.5. The lowest BCUT2D eigenvalue weighted by molar-refractivity contribution is 0.338. The number of fused-ring (bicyclic) bond motifs is 1. The number of benzene rings is 1. The SMILES string of the molecule is C=C(/C=C(C)\C=C(/C)C(C)(C)C)N1c2nc(Nc3ccc(CC)c(CCC)c3)ncc2C(=C)N1C(C)C. The molecular formula is C32H45N5. The Labute approximate surface area is 224 Å². The van der Waals surface area contributed by atoms with Crippen LogP contribution in [0.25, 0.3) is 5.70 Å².